The molecule has 2 nitrogen and oxygen atoms in total. The van der Waals surface area contributed by atoms with Crippen molar-refractivity contribution in [2.45, 2.75) is 25.6 Å². The van der Waals surface area contributed by atoms with E-state index in [9.17, 15) is 13.2 Å². The van der Waals surface area contributed by atoms with Gasteiger partial charge in [-0.15, -0.1) is 11.3 Å². The fourth-order valence-corrected chi connectivity index (χ4v) is 3.57. The third-order valence-electron chi connectivity index (χ3n) is 3.56. The molecular formula is C12H15F3N2S2. The van der Waals surface area contributed by atoms with Gasteiger partial charge in [0.2, 0.25) is 0 Å². The molecule has 0 aliphatic carbocycles. The minimum Gasteiger partial charge on any atom is -0.393 e. The predicted molar refractivity (Wildman–Crippen MR) is 74.3 cm³/mol. The van der Waals surface area contributed by atoms with Gasteiger partial charge in [0, 0.05) is 24.0 Å². The van der Waals surface area contributed by atoms with Crippen LogP contribution in [-0.2, 0) is 6.42 Å². The number of hydrogen-bond donors (Lipinski definition) is 1. The summed E-state index contributed by atoms with van der Waals surface area (Å²) in [6.45, 7) is 2.39. The molecule has 1 aliphatic rings. The highest BCUT2D eigenvalue weighted by Crippen LogP contribution is 2.35. The van der Waals surface area contributed by atoms with Crippen LogP contribution in [0.3, 0.4) is 0 Å². The van der Waals surface area contributed by atoms with Crippen molar-refractivity contribution in [2.24, 2.45) is 11.7 Å². The summed E-state index contributed by atoms with van der Waals surface area (Å²) in [5.41, 5.74) is 6.37. The van der Waals surface area contributed by atoms with E-state index in [1.165, 1.54) is 4.88 Å². The van der Waals surface area contributed by atoms with Gasteiger partial charge >= 0.3 is 6.18 Å². The van der Waals surface area contributed by atoms with Gasteiger partial charge in [-0.2, -0.15) is 13.2 Å². The normalized spacial score (nSPS) is 22.0. The minimum atomic E-state index is -4.37. The quantitative estimate of drug-likeness (QED) is 0.870. The Morgan fingerprint density at radius 1 is 1.63 bits per heavy atom. The zero-order valence-corrected chi connectivity index (χ0v) is 12.0. The van der Waals surface area contributed by atoms with Crippen LogP contribution in [0.4, 0.5) is 13.2 Å². The Balaban J connectivity index is 2.14. The summed E-state index contributed by atoms with van der Waals surface area (Å²) in [7, 11) is 0. The summed E-state index contributed by atoms with van der Waals surface area (Å²) in [5, 5.41) is 1.99. The molecule has 0 bridgehead atoms. The molecule has 1 aromatic heterocycles. The maximum atomic E-state index is 12.9. The Labute approximate surface area is 119 Å². The first-order valence-corrected chi connectivity index (χ1v) is 7.26. The van der Waals surface area contributed by atoms with Gasteiger partial charge < -0.3 is 5.73 Å². The van der Waals surface area contributed by atoms with Crippen molar-refractivity contribution in [3.05, 3.63) is 21.9 Å². The fraction of sp³-hybridized carbons (Fsp3) is 0.583. The topological polar surface area (TPSA) is 29.3 Å². The lowest BCUT2D eigenvalue weighted by Gasteiger charge is -2.36. The van der Waals surface area contributed by atoms with E-state index >= 15 is 0 Å². The van der Waals surface area contributed by atoms with Crippen LogP contribution in [0.25, 0.3) is 0 Å². The smallest absolute Gasteiger partial charge is 0.393 e. The van der Waals surface area contributed by atoms with Gasteiger partial charge in [-0.3, -0.25) is 4.90 Å². The van der Waals surface area contributed by atoms with Crippen molar-refractivity contribution < 1.29 is 13.2 Å². The van der Waals surface area contributed by atoms with Crippen molar-refractivity contribution in [1.29, 1.82) is 0 Å². The Morgan fingerprint density at radius 3 is 2.89 bits per heavy atom. The number of hydrogen-bond acceptors (Lipinski definition) is 3. The summed E-state index contributed by atoms with van der Waals surface area (Å²) in [6.07, 6.45) is -3.58. The summed E-state index contributed by atoms with van der Waals surface area (Å²) in [5.74, 6) is -1.73. The van der Waals surface area contributed by atoms with E-state index in [1.807, 2.05) is 23.3 Å². The van der Waals surface area contributed by atoms with Gasteiger partial charge in [0.15, 0.2) is 0 Å². The van der Waals surface area contributed by atoms with E-state index < -0.39 is 17.1 Å². The monoisotopic (exact) mass is 308 g/mol. The van der Waals surface area contributed by atoms with Gasteiger partial charge in [-0.05, 0) is 30.4 Å². The molecule has 1 aromatic rings. The number of fused-ring (bicyclic) bond motifs is 1. The van der Waals surface area contributed by atoms with Crippen molar-refractivity contribution in [2.75, 3.05) is 13.1 Å². The molecule has 0 fully saturated rings. The maximum Gasteiger partial charge on any atom is 0.399 e. The molecule has 0 saturated carbocycles. The highest BCUT2D eigenvalue weighted by Gasteiger charge is 2.43. The van der Waals surface area contributed by atoms with E-state index in [0.29, 0.717) is 6.54 Å². The first-order chi connectivity index (χ1) is 8.80. The van der Waals surface area contributed by atoms with E-state index in [0.717, 1.165) is 12.0 Å². The second kappa shape index (κ2) is 5.38. The molecule has 0 spiro atoms. The van der Waals surface area contributed by atoms with E-state index in [-0.39, 0.29) is 12.6 Å². The summed E-state index contributed by atoms with van der Waals surface area (Å²) in [4.78, 5) is 2.60. The van der Waals surface area contributed by atoms with Crippen LogP contribution in [0.2, 0.25) is 0 Å². The Hall–Kier alpha value is -0.660. The van der Waals surface area contributed by atoms with Crippen LogP contribution in [0.15, 0.2) is 11.4 Å². The first-order valence-electron chi connectivity index (χ1n) is 5.97. The van der Waals surface area contributed by atoms with Crippen LogP contribution in [0, 0.1) is 5.92 Å². The fourth-order valence-electron chi connectivity index (χ4n) is 2.40. The van der Waals surface area contributed by atoms with Crippen LogP contribution in [0.5, 0.6) is 0 Å². The molecule has 2 rings (SSSR count). The second-order valence-corrected chi connectivity index (χ2v) is 6.19. The molecule has 7 heteroatoms. The highest BCUT2D eigenvalue weighted by molar-refractivity contribution is 7.80. The Bertz CT molecular complexity index is 470. The zero-order valence-electron chi connectivity index (χ0n) is 10.4. The Morgan fingerprint density at radius 2 is 2.32 bits per heavy atom. The molecule has 2 heterocycles. The standard InChI is InChI=1S/C12H15F3N2S2/c1-7-8-3-5-19-10(8)2-4-17(7)6-9(11(16)18)12(13,14)15/h3,5,7,9H,2,4,6H2,1H3,(H2,16,18). The number of thiophene rings is 1. The summed E-state index contributed by atoms with van der Waals surface area (Å²) < 4.78 is 38.7. The molecule has 0 amide bonds. The molecule has 2 atom stereocenters. The van der Waals surface area contributed by atoms with E-state index in [1.54, 1.807) is 11.3 Å². The zero-order chi connectivity index (χ0) is 14.2. The molecule has 0 saturated heterocycles. The number of alkyl halides is 3. The third kappa shape index (κ3) is 3.09. The third-order valence-corrected chi connectivity index (χ3v) is 4.84. The molecule has 0 aromatic carbocycles. The van der Waals surface area contributed by atoms with Crippen LogP contribution < -0.4 is 5.73 Å². The maximum absolute atomic E-state index is 12.9. The van der Waals surface area contributed by atoms with Gasteiger partial charge in [-0.1, -0.05) is 12.2 Å². The van der Waals surface area contributed by atoms with Crippen molar-refractivity contribution in [1.82, 2.24) is 4.90 Å². The molecule has 2 N–H and O–H groups in total. The molecule has 0 radical (unpaired) electrons. The highest BCUT2D eigenvalue weighted by atomic mass is 32.1. The van der Waals surface area contributed by atoms with Gasteiger partial charge in [-0.25, -0.2) is 0 Å². The summed E-state index contributed by atoms with van der Waals surface area (Å²) in [6, 6.07) is 1.97. The van der Waals surface area contributed by atoms with Crippen molar-refractivity contribution in [3.8, 4) is 0 Å². The van der Waals surface area contributed by atoms with Gasteiger partial charge in [0.05, 0.1) is 4.99 Å². The van der Waals surface area contributed by atoms with Crippen molar-refractivity contribution >= 4 is 28.5 Å². The van der Waals surface area contributed by atoms with Crippen LogP contribution >= 0.6 is 23.6 Å². The van der Waals surface area contributed by atoms with Gasteiger partial charge in [0.1, 0.15) is 5.92 Å². The number of halogens is 3. The minimum absolute atomic E-state index is 0.0193. The molecule has 19 heavy (non-hydrogen) atoms. The van der Waals surface area contributed by atoms with E-state index in [2.05, 4.69) is 12.2 Å². The number of nitrogens with zero attached hydrogens (tertiary/aromatic N) is 1. The average Bonchev–Trinajstić information content (AvgIpc) is 2.74. The summed E-state index contributed by atoms with van der Waals surface area (Å²) >= 11 is 6.23. The van der Waals surface area contributed by atoms with Crippen LogP contribution in [0.1, 0.15) is 23.4 Å². The lowest BCUT2D eigenvalue weighted by molar-refractivity contribution is -0.160. The largest absolute Gasteiger partial charge is 0.399 e. The molecular weight excluding hydrogens is 293 g/mol. The molecule has 106 valence electrons. The number of nitrogens with two attached hydrogens (primary N) is 1. The molecule has 1 aliphatic heterocycles. The SMILES string of the molecule is CC1c2ccsc2CCN1CC(C(N)=S)C(F)(F)F. The first kappa shape index (κ1) is 14.7. The number of thiocarbonyl (C=S) groups is 1. The molecule has 2 unspecified atom stereocenters. The lowest BCUT2D eigenvalue weighted by Crippen LogP contribution is -2.45. The predicted octanol–water partition coefficient (Wildman–Crippen LogP) is 3.13. The lowest BCUT2D eigenvalue weighted by atomic mass is 9.99. The van der Waals surface area contributed by atoms with Crippen molar-refractivity contribution in [3.63, 3.8) is 0 Å². The average molecular weight is 308 g/mol. The van der Waals surface area contributed by atoms with Crippen LogP contribution in [-0.4, -0.2) is 29.2 Å². The Kier molecular flexibility index (Phi) is 4.17. The number of rotatable bonds is 3. The second-order valence-electron chi connectivity index (χ2n) is 4.72. The van der Waals surface area contributed by atoms with E-state index in [4.69, 9.17) is 5.73 Å². The van der Waals surface area contributed by atoms with Gasteiger partial charge in [0.25, 0.3) is 0 Å².